The fraction of sp³-hybridized carbons (Fsp3) is 0.357. The van der Waals surface area contributed by atoms with Gasteiger partial charge in [-0.1, -0.05) is 6.92 Å². The number of benzene rings is 1. The van der Waals surface area contributed by atoms with E-state index < -0.39 is 0 Å². The van der Waals surface area contributed by atoms with Crippen LogP contribution in [-0.4, -0.2) is 18.6 Å². The zero-order valence-electron chi connectivity index (χ0n) is 10.6. The van der Waals surface area contributed by atoms with Crippen LogP contribution in [0.4, 0.5) is 5.82 Å². The zero-order chi connectivity index (χ0) is 12.3. The Bertz CT molecular complexity index is 523. The molecule has 0 saturated carbocycles. The third-order valence-corrected chi connectivity index (χ3v) is 2.79. The number of anilines is 1. The molecule has 1 N–H and O–H groups in total. The second-order valence-corrected chi connectivity index (χ2v) is 3.89. The van der Waals surface area contributed by atoms with Crippen molar-refractivity contribution in [3.05, 3.63) is 29.8 Å². The van der Waals surface area contributed by atoms with Gasteiger partial charge in [-0.2, -0.15) is 0 Å². The van der Waals surface area contributed by atoms with Crippen LogP contribution in [0.3, 0.4) is 0 Å². The normalized spacial score (nSPS) is 10.5. The van der Waals surface area contributed by atoms with Gasteiger partial charge in [-0.25, -0.2) is 4.98 Å². The quantitative estimate of drug-likeness (QED) is 0.875. The van der Waals surface area contributed by atoms with Crippen molar-refractivity contribution in [1.29, 1.82) is 0 Å². The van der Waals surface area contributed by atoms with Crippen molar-refractivity contribution in [3.63, 3.8) is 0 Å². The topological polar surface area (TPSA) is 34.1 Å². The van der Waals surface area contributed by atoms with E-state index in [1.807, 2.05) is 32.2 Å². The van der Waals surface area contributed by atoms with Crippen molar-refractivity contribution in [3.8, 4) is 5.75 Å². The van der Waals surface area contributed by atoms with Crippen molar-refractivity contribution >= 4 is 16.7 Å². The van der Waals surface area contributed by atoms with Gasteiger partial charge in [-0.15, -0.1) is 0 Å². The summed E-state index contributed by atoms with van der Waals surface area (Å²) in [4.78, 5) is 4.60. The molecule has 0 unspecified atom stereocenters. The molecule has 0 aliphatic heterocycles. The van der Waals surface area contributed by atoms with Crippen molar-refractivity contribution < 1.29 is 4.74 Å². The Balaban J connectivity index is 2.54. The summed E-state index contributed by atoms with van der Waals surface area (Å²) in [6.07, 6.45) is 0.970. The minimum atomic E-state index is 0.689. The molecule has 0 spiro atoms. The van der Waals surface area contributed by atoms with Gasteiger partial charge in [-0.05, 0) is 43.2 Å². The highest BCUT2D eigenvalue weighted by Crippen LogP contribution is 2.24. The number of aromatic nitrogens is 1. The highest BCUT2D eigenvalue weighted by atomic mass is 16.5. The van der Waals surface area contributed by atoms with E-state index in [0.29, 0.717) is 6.61 Å². The average Bonchev–Trinajstić information content (AvgIpc) is 2.37. The molecule has 0 radical (unpaired) electrons. The Morgan fingerprint density at radius 2 is 2.06 bits per heavy atom. The minimum Gasteiger partial charge on any atom is -0.494 e. The number of hydrogen-bond acceptors (Lipinski definition) is 3. The van der Waals surface area contributed by atoms with Crippen LogP contribution in [0, 0.1) is 0 Å². The van der Waals surface area contributed by atoms with Crippen molar-refractivity contribution in [1.82, 2.24) is 4.98 Å². The second kappa shape index (κ2) is 5.04. The molecule has 0 saturated heterocycles. The molecule has 1 aromatic carbocycles. The van der Waals surface area contributed by atoms with E-state index >= 15 is 0 Å². The van der Waals surface area contributed by atoms with Crippen LogP contribution in [0.1, 0.15) is 19.4 Å². The molecule has 90 valence electrons. The molecule has 3 nitrogen and oxygen atoms in total. The standard InChI is InChI=1S/C14H18N2O/c1-4-10-8-11-9-12(17-5-2)6-7-13(11)16-14(10)15-3/h6-9H,4-5H2,1-3H3,(H,15,16). The highest BCUT2D eigenvalue weighted by molar-refractivity contribution is 5.83. The Morgan fingerprint density at radius 3 is 2.71 bits per heavy atom. The maximum atomic E-state index is 5.50. The summed E-state index contributed by atoms with van der Waals surface area (Å²) in [6.45, 7) is 4.81. The molecule has 2 rings (SSSR count). The van der Waals surface area contributed by atoms with Gasteiger partial charge in [0.2, 0.25) is 0 Å². The number of fused-ring (bicyclic) bond motifs is 1. The van der Waals surface area contributed by atoms with Gasteiger partial charge in [0.15, 0.2) is 0 Å². The first-order valence-electron chi connectivity index (χ1n) is 6.02. The second-order valence-electron chi connectivity index (χ2n) is 3.89. The zero-order valence-corrected chi connectivity index (χ0v) is 10.6. The van der Waals surface area contributed by atoms with Crippen LogP contribution < -0.4 is 10.1 Å². The molecule has 0 bridgehead atoms. The lowest BCUT2D eigenvalue weighted by atomic mass is 10.1. The predicted molar refractivity (Wildman–Crippen MR) is 71.8 cm³/mol. The van der Waals surface area contributed by atoms with Crippen LogP contribution in [0.2, 0.25) is 0 Å². The average molecular weight is 230 g/mol. The molecule has 0 fully saturated rings. The summed E-state index contributed by atoms with van der Waals surface area (Å²) in [7, 11) is 1.90. The molecule has 0 aliphatic carbocycles. The molecule has 0 aliphatic rings. The first-order valence-corrected chi connectivity index (χ1v) is 6.02. The smallest absolute Gasteiger partial charge is 0.129 e. The predicted octanol–water partition coefficient (Wildman–Crippen LogP) is 3.24. The van der Waals surface area contributed by atoms with Gasteiger partial charge in [0.25, 0.3) is 0 Å². The van der Waals surface area contributed by atoms with Gasteiger partial charge < -0.3 is 10.1 Å². The lowest BCUT2D eigenvalue weighted by Crippen LogP contribution is -1.98. The fourth-order valence-electron chi connectivity index (χ4n) is 1.94. The van der Waals surface area contributed by atoms with Crippen molar-refractivity contribution in [2.24, 2.45) is 0 Å². The lowest BCUT2D eigenvalue weighted by Gasteiger charge is -2.09. The molecule has 0 atom stereocenters. The summed E-state index contributed by atoms with van der Waals surface area (Å²) < 4.78 is 5.50. The largest absolute Gasteiger partial charge is 0.494 e. The number of aryl methyl sites for hydroxylation is 1. The maximum Gasteiger partial charge on any atom is 0.129 e. The maximum absolute atomic E-state index is 5.50. The van der Waals surface area contributed by atoms with Crippen LogP contribution >= 0.6 is 0 Å². The monoisotopic (exact) mass is 230 g/mol. The van der Waals surface area contributed by atoms with Gasteiger partial charge in [-0.3, -0.25) is 0 Å². The van der Waals surface area contributed by atoms with Crippen molar-refractivity contribution in [2.75, 3.05) is 19.0 Å². The van der Waals surface area contributed by atoms with E-state index in [1.165, 1.54) is 5.56 Å². The van der Waals surface area contributed by atoms with Gasteiger partial charge in [0.05, 0.1) is 12.1 Å². The van der Waals surface area contributed by atoms with Gasteiger partial charge in [0, 0.05) is 12.4 Å². The summed E-state index contributed by atoms with van der Waals surface area (Å²) >= 11 is 0. The summed E-state index contributed by atoms with van der Waals surface area (Å²) in [5, 5.41) is 4.27. The Labute approximate surface area is 102 Å². The van der Waals surface area contributed by atoms with Crippen molar-refractivity contribution in [2.45, 2.75) is 20.3 Å². The fourth-order valence-corrected chi connectivity index (χ4v) is 1.94. The minimum absolute atomic E-state index is 0.689. The number of hydrogen-bond donors (Lipinski definition) is 1. The van der Waals surface area contributed by atoms with Crippen LogP contribution in [-0.2, 0) is 6.42 Å². The van der Waals surface area contributed by atoms with Gasteiger partial charge in [0.1, 0.15) is 11.6 Å². The molecule has 0 amide bonds. The van der Waals surface area contributed by atoms with Crippen LogP contribution in [0.5, 0.6) is 5.75 Å². The molecular formula is C14H18N2O. The van der Waals surface area contributed by atoms with Crippen LogP contribution in [0.15, 0.2) is 24.3 Å². The molecule has 17 heavy (non-hydrogen) atoms. The number of rotatable bonds is 4. The summed E-state index contributed by atoms with van der Waals surface area (Å²) in [6, 6.07) is 8.19. The molecule has 2 aromatic rings. The van der Waals surface area contributed by atoms with E-state index in [2.05, 4.69) is 23.3 Å². The Morgan fingerprint density at radius 1 is 1.24 bits per heavy atom. The first-order chi connectivity index (χ1) is 8.28. The highest BCUT2D eigenvalue weighted by Gasteiger charge is 2.05. The third kappa shape index (κ3) is 2.33. The van der Waals surface area contributed by atoms with E-state index in [9.17, 15) is 0 Å². The van der Waals surface area contributed by atoms with E-state index in [0.717, 1.165) is 28.9 Å². The number of nitrogens with one attached hydrogen (secondary N) is 1. The van der Waals surface area contributed by atoms with Crippen LogP contribution in [0.25, 0.3) is 10.9 Å². The molecule has 3 heteroatoms. The van der Waals surface area contributed by atoms with Gasteiger partial charge >= 0.3 is 0 Å². The number of ether oxygens (including phenoxy) is 1. The Kier molecular flexibility index (Phi) is 3.47. The molecule has 1 aromatic heterocycles. The lowest BCUT2D eigenvalue weighted by molar-refractivity contribution is 0.340. The summed E-state index contributed by atoms with van der Waals surface area (Å²) in [5.74, 6) is 1.87. The number of nitrogens with zero attached hydrogens (tertiary/aromatic N) is 1. The number of pyridine rings is 1. The summed E-state index contributed by atoms with van der Waals surface area (Å²) in [5.41, 5.74) is 2.23. The molecule has 1 heterocycles. The SMILES string of the molecule is CCOc1ccc2nc(NC)c(CC)cc2c1. The van der Waals surface area contributed by atoms with E-state index in [-0.39, 0.29) is 0 Å². The Hall–Kier alpha value is -1.77. The molecular weight excluding hydrogens is 212 g/mol. The van der Waals surface area contributed by atoms with E-state index in [4.69, 9.17) is 4.74 Å². The first kappa shape index (κ1) is 11.7. The third-order valence-electron chi connectivity index (χ3n) is 2.79. The van der Waals surface area contributed by atoms with E-state index in [1.54, 1.807) is 0 Å².